The van der Waals surface area contributed by atoms with Gasteiger partial charge in [0.25, 0.3) is 0 Å². The van der Waals surface area contributed by atoms with Gasteiger partial charge in [-0.25, -0.2) is 0 Å². The fraction of sp³-hybridized carbons (Fsp3) is 0.261. The summed E-state index contributed by atoms with van der Waals surface area (Å²) in [5.74, 6) is 0.127. The highest BCUT2D eigenvalue weighted by atomic mass is 16.5. The van der Waals surface area contributed by atoms with Crippen LogP contribution in [-0.4, -0.2) is 38.1 Å². The van der Waals surface area contributed by atoms with Crippen molar-refractivity contribution in [2.24, 2.45) is 0 Å². The number of hydrogen-bond acceptors (Lipinski definition) is 8. The number of benzene rings is 2. The zero-order valence-electron chi connectivity index (χ0n) is 17.9. The fourth-order valence-corrected chi connectivity index (χ4v) is 3.08. The lowest BCUT2D eigenvalue weighted by atomic mass is 10.1. The van der Waals surface area contributed by atoms with Gasteiger partial charge in [-0.05, 0) is 38.1 Å². The number of allylic oxidation sites excluding steroid dienone is 1. The van der Waals surface area contributed by atoms with Crippen LogP contribution in [0, 0.1) is 0 Å². The number of aromatic hydroxyl groups is 2. The van der Waals surface area contributed by atoms with Crippen LogP contribution in [0.15, 0.2) is 45.1 Å². The minimum absolute atomic E-state index is 0.00235. The third kappa shape index (κ3) is 4.09. The number of methoxy groups -OCH3 is 3. The molecule has 3 rings (SSSR count). The number of ether oxygens (including phenoxy) is 4. The van der Waals surface area contributed by atoms with Gasteiger partial charge in [0.05, 0.1) is 21.3 Å². The predicted molar refractivity (Wildman–Crippen MR) is 116 cm³/mol. The molecule has 0 fully saturated rings. The van der Waals surface area contributed by atoms with Crippen LogP contribution in [-0.2, 0) is 0 Å². The quantitative estimate of drug-likeness (QED) is 0.538. The monoisotopic (exact) mass is 428 g/mol. The second kappa shape index (κ2) is 8.91. The average Bonchev–Trinajstić information content (AvgIpc) is 2.73. The highest BCUT2D eigenvalue weighted by Crippen LogP contribution is 2.44. The summed E-state index contributed by atoms with van der Waals surface area (Å²) in [7, 11) is 4.14. The fourth-order valence-electron chi connectivity index (χ4n) is 3.08. The smallest absolute Gasteiger partial charge is 0.239 e. The van der Waals surface area contributed by atoms with Crippen LogP contribution in [0.25, 0.3) is 22.3 Å². The lowest BCUT2D eigenvalue weighted by Gasteiger charge is -2.15. The van der Waals surface area contributed by atoms with Crippen molar-refractivity contribution in [3.05, 3.63) is 46.1 Å². The van der Waals surface area contributed by atoms with E-state index >= 15 is 0 Å². The van der Waals surface area contributed by atoms with Gasteiger partial charge in [-0.15, -0.1) is 0 Å². The SMILES string of the molecule is COc1cc(-c2oc3c(OC)c(OCC=C(C)C)cc(O)c3c(=O)c2OC)ccc1O. The van der Waals surface area contributed by atoms with E-state index < -0.39 is 5.43 Å². The molecule has 2 N–H and O–H groups in total. The van der Waals surface area contributed by atoms with E-state index in [4.69, 9.17) is 23.4 Å². The molecule has 0 atom stereocenters. The summed E-state index contributed by atoms with van der Waals surface area (Å²) >= 11 is 0. The molecule has 8 nitrogen and oxygen atoms in total. The zero-order valence-corrected chi connectivity index (χ0v) is 17.9. The van der Waals surface area contributed by atoms with Crippen molar-refractivity contribution >= 4 is 11.0 Å². The van der Waals surface area contributed by atoms with Crippen molar-refractivity contribution in [2.45, 2.75) is 13.8 Å². The van der Waals surface area contributed by atoms with E-state index in [1.807, 2.05) is 19.9 Å². The van der Waals surface area contributed by atoms with Crippen molar-refractivity contribution in [3.63, 3.8) is 0 Å². The number of hydrogen-bond donors (Lipinski definition) is 2. The molecular weight excluding hydrogens is 404 g/mol. The van der Waals surface area contributed by atoms with E-state index in [-0.39, 0.29) is 57.8 Å². The van der Waals surface area contributed by atoms with E-state index in [9.17, 15) is 15.0 Å². The Kier molecular flexibility index (Phi) is 6.29. The van der Waals surface area contributed by atoms with Crippen molar-refractivity contribution in [2.75, 3.05) is 27.9 Å². The number of fused-ring (bicyclic) bond motifs is 1. The summed E-state index contributed by atoms with van der Waals surface area (Å²) < 4.78 is 27.6. The molecule has 31 heavy (non-hydrogen) atoms. The highest BCUT2D eigenvalue weighted by molar-refractivity contribution is 5.93. The van der Waals surface area contributed by atoms with Gasteiger partial charge in [-0.3, -0.25) is 4.79 Å². The molecule has 0 radical (unpaired) electrons. The Bertz CT molecular complexity index is 1200. The normalized spacial score (nSPS) is 10.6. The van der Waals surface area contributed by atoms with Gasteiger partial charge in [-0.2, -0.15) is 0 Å². The van der Waals surface area contributed by atoms with Crippen molar-refractivity contribution in [1.29, 1.82) is 0 Å². The molecule has 0 saturated carbocycles. The molecule has 3 aromatic rings. The van der Waals surface area contributed by atoms with E-state index in [1.165, 1.54) is 39.5 Å². The Morgan fingerprint density at radius 2 is 1.68 bits per heavy atom. The van der Waals surface area contributed by atoms with Gasteiger partial charge in [0.15, 0.2) is 28.6 Å². The molecule has 0 amide bonds. The first-order chi connectivity index (χ1) is 14.8. The topological polar surface area (TPSA) is 108 Å². The molecule has 2 aromatic carbocycles. The van der Waals surface area contributed by atoms with Crippen molar-refractivity contribution in [3.8, 4) is 45.8 Å². The second-order valence-electron chi connectivity index (χ2n) is 6.90. The maximum Gasteiger partial charge on any atom is 0.239 e. The molecule has 0 unspecified atom stereocenters. The summed E-state index contributed by atoms with van der Waals surface area (Å²) in [6.45, 7) is 4.11. The largest absolute Gasteiger partial charge is 0.507 e. The zero-order chi connectivity index (χ0) is 22.7. The average molecular weight is 428 g/mol. The van der Waals surface area contributed by atoms with Crippen LogP contribution in [0.3, 0.4) is 0 Å². The van der Waals surface area contributed by atoms with E-state index in [2.05, 4.69) is 0 Å². The highest BCUT2D eigenvalue weighted by Gasteiger charge is 2.25. The van der Waals surface area contributed by atoms with Crippen LogP contribution in [0.1, 0.15) is 13.8 Å². The summed E-state index contributed by atoms with van der Waals surface area (Å²) in [5, 5.41) is 20.3. The lowest BCUT2D eigenvalue weighted by molar-refractivity contribution is 0.322. The number of phenolic OH excluding ortho intramolecular Hbond substituents is 2. The van der Waals surface area contributed by atoms with E-state index in [1.54, 1.807) is 6.07 Å². The van der Waals surface area contributed by atoms with Gasteiger partial charge in [0.1, 0.15) is 17.7 Å². The van der Waals surface area contributed by atoms with Crippen LogP contribution >= 0.6 is 0 Å². The minimum Gasteiger partial charge on any atom is -0.507 e. The van der Waals surface area contributed by atoms with Crippen LogP contribution in [0.2, 0.25) is 0 Å². The molecule has 0 aliphatic heterocycles. The molecule has 8 heteroatoms. The number of rotatable bonds is 7. The Labute approximate surface area is 178 Å². The van der Waals surface area contributed by atoms with Gasteiger partial charge in [0, 0.05) is 11.6 Å². The first kappa shape index (κ1) is 21.9. The van der Waals surface area contributed by atoms with Crippen LogP contribution < -0.4 is 24.4 Å². The Balaban J connectivity index is 2.32. The summed E-state index contributed by atoms with van der Waals surface area (Å²) in [4.78, 5) is 13.1. The molecule has 164 valence electrons. The lowest BCUT2D eigenvalue weighted by Crippen LogP contribution is -2.09. The van der Waals surface area contributed by atoms with E-state index in [0.717, 1.165) is 5.57 Å². The maximum atomic E-state index is 13.1. The molecule has 0 bridgehead atoms. The molecular formula is C23H24O8. The van der Waals surface area contributed by atoms with Crippen LogP contribution in [0.5, 0.6) is 34.5 Å². The summed E-state index contributed by atoms with van der Waals surface area (Å²) in [6, 6.07) is 5.76. The Morgan fingerprint density at radius 1 is 0.968 bits per heavy atom. The molecule has 1 aromatic heterocycles. The molecule has 0 saturated heterocycles. The second-order valence-corrected chi connectivity index (χ2v) is 6.90. The van der Waals surface area contributed by atoms with Crippen molar-refractivity contribution < 1.29 is 33.6 Å². The van der Waals surface area contributed by atoms with Gasteiger partial charge in [-0.1, -0.05) is 5.57 Å². The molecule has 0 aliphatic carbocycles. The predicted octanol–water partition coefficient (Wildman–Crippen LogP) is 4.24. The minimum atomic E-state index is -0.586. The van der Waals surface area contributed by atoms with Gasteiger partial charge in [0.2, 0.25) is 16.9 Å². The standard InChI is InChI=1S/C23H24O8/c1-12(2)8-9-30-17-11-15(25)18-19(26)23(29-5)20(31-22(18)21(17)28-4)13-6-7-14(24)16(10-13)27-3/h6-8,10-11,24-25H,9H2,1-5H3. The Morgan fingerprint density at radius 3 is 2.29 bits per heavy atom. The van der Waals surface area contributed by atoms with Crippen LogP contribution in [0.4, 0.5) is 0 Å². The molecule has 1 heterocycles. The van der Waals surface area contributed by atoms with Gasteiger partial charge < -0.3 is 33.6 Å². The van der Waals surface area contributed by atoms with Crippen molar-refractivity contribution in [1.82, 2.24) is 0 Å². The summed E-state index contributed by atoms with van der Waals surface area (Å²) in [6.07, 6.45) is 1.86. The molecule has 0 aliphatic rings. The maximum absolute atomic E-state index is 13.1. The third-order valence-corrected chi connectivity index (χ3v) is 4.61. The first-order valence-electron chi connectivity index (χ1n) is 9.40. The molecule has 0 spiro atoms. The Hall–Kier alpha value is -3.81. The third-order valence-electron chi connectivity index (χ3n) is 4.61. The first-order valence-corrected chi connectivity index (χ1v) is 9.40. The summed E-state index contributed by atoms with van der Waals surface area (Å²) in [5.41, 5.74) is 0.895. The van der Waals surface area contributed by atoms with E-state index in [0.29, 0.717) is 5.56 Å². The van der Waals surface area contributed by atoms with Gasteiger partial charge >= 0.3 is 0 Å². The number of phenols is 2.